The second kappa shape index (κ2) is 9.38. The Balaban J connectivity index is 1.55. The molecule has 0 atom stereocenters. The minimum atomic E-state index is -0.579. The molecule has 2 aromatic carbocycles. The lowest BCUT2D eigenvalue weighted by molar-refractivity contribution is 0.0664. The van der Waals surface area contributed by atoms with Crippen molar-refractivity contribution in [2.45, 2.75) is 0 Å². The number of hydrogen-bond acceptors (Lipinski definition) is 5. The standard InChI is InChI=1S/C24H24ClN5O2/c1-29-12-14-30(15-13-29)24(32)17-4-8-19(9-5-17)27-23-20(22(26)31)10-11-21(28-23)16-2-6-18(25)7-3-16/h2-11H,12-15H2,1H3,(H2,26,31)(H,27,28). The summed E-state index contributed by atoms with van der Waals surface area (Å²) in [5, 5.41) is 3.79. The van der Waals surface area contributed by atoms with Crippen molar-refractivity contribution in [1.82, 2.24) is 14.8 Å². The minimum Gasteiger partial charge on any atom is -0.365 e. The highest BCUT2D eigenvalue weighted by Crippen LogP contribution is 2.26. The third-order valence-electron chi connectivity index (χ3n) is 5.49. The van der Waals surface area contributed by atoms with Gasteiger partial charge in [0.15, 0.2) is 0 Å². The van der Waals surface area contributed by atoms with Crippen molar-refractivity contribution in [1.29, 1.82) is 0 Å². The van der Waals surface area contributed by atoms with E-state index in [0.29, 0.717) is 27.8 Å². The first-order valence-corrected chi connectivity index (χ1v) is 10.7. The third-order valence-corrected chi connectivity index (χ3v) is 5.74. The van der Waals surface area contributed by atoms with Crippen LogP contribution in [0.5, 0.6) is 0 Å². The second-order valence-electron chi connectivity index (χ2n) is 7.76. The second-order valence-corrected chi connectivity index (χ2v) is 8.20. The molecule has 0 saturated carbocycles. The molecule has 0 unspecified atom stereocenters. The molecule has 0 radical (unpaired) electrons. The molecule has 1 saturated heterocycles. The number of likely N-dealkylation sites (N-methyl/N-ethyl adjacent to an activating group) is 1. The van der Waals surface area contributed by atoms with Gasteiger partial charge in [-0.2, -0.15) is 0 Å². The van der Waals surface area contributed by atoms with E-state index in [-0.39, 0.29) is 11.5 Å². The van der Waals surface area contributed by atoms with Crippen molar-refractivity contribution in [2.24, 2.45) is 5.73 Å². The molecular formula is C24H24ClN5O2. The van der Waals surface area contributed by atoms with E-state index in [2.05, 4.69) is 22.2 Å². The van der Waals surface area contributed by atoms with E-state index in [1.807, 2.05) is 17.0 Å². The van der Waals surface area contributed by atoms with Crippen molar-refractivity contribution >= 4 is 34.9 Å². The molecule has 1 aliphatic heterocycles. The average molecular weight is 450 g/mol. The molecule has 0 aliphatic carbocycles. The Kier molecular flexibility index (Phi) is 6.39. The molecule has 164 valence electrons. The van der Waals surface area contributed by atoms with Gasteiger partial charge < -0.3 is 20.9 Å². The zero-order valence-corrected chi connectivity index (χ0v) is 18.5. The number of anilines is 2. The van der Waals surface area contributed by atoms with Gasteiger partial charge in [-0.05, 0) is 55.6 Å². The molecule has 1 fully saturated rings. The topological polar surface area (TPSA) is 91.6 Å². The fourth-order valence-corrected chi connectivity index (χ4v) is 3.69. The molecule has 8 heteroatoms. The summed E-state index contributed by atoms with van der Waals surface area (Å²) in [6.07, 6.45) is 0. The number of piperazine rings is 1. The number of carbonyl (C=O) groups is 2. The highest BCUT2D eigenvalue weighted by molar-refractivity contribution is 6.30. The van der Waals surface area contributed by atoms with E-state index in [1.165, 1.54) is 0 Å². The van der Waals surface area contributed by atoms with Gasteiger partial charge in [0.1, 0.15) is 5.82 Å². The van der Waals surface area contributed by atoms with Crippen LogP contribution in [0.1, 0.15) is 20.7 Å². The van der Waals surface area contributed by atoms with E-state index in [4.69, 9.17) is 17.3 Å². The van der Waals surface area contributed by atoms with E-state index < -0.39 is 5.91 Å². The molecule has 32 heavy (non-hydrogen) atoms. The number of primary amides is 1. The predicted molar refractivity (Wildman–Crippen MR) is 126 cm³/mol. The Morgan fingerprint density at radius 1 is 0.938 bits per heavy atom. The molecule has 1 aromatic heterocycles. The number of aromatic nitrogens is 1. The van der Waals surface area contributed by atoms with Crippen LogP contribution in [0.15, 0.2) is 60.7 Å². The van der Waals surface area contributed by atoms with Gasteiger partial charge >= 0.3 is 0 Å². The van der Waals surface area contributed by atoms with E-state index in [1.54, 1.807) is 48.5 Å². The number of nitrogens with two attached hydrogens (primary N) is 1. The highest BCUT2D eigenvalue weighted by Gasteiger charge is 2.20. The summed E-state index contributed by atoms with van der Waals surface area (Å²) in [7, 11) is 2.05. The lowest BCUT2D eigenvalue weighted by atomic mass is 10.1. The third kappa shape index (κ3) is 4.90. The number of nitrogens with zero attached hydrogens (tertiary/aromatic N) is 3. The van der Waals surface area contributed by atoms with Gasteiger partial charge in [0.2, 0.25) is 0 Å². The van der Waals surface area contributed by atoms with Gasteiger partial charge in [-0.25, -0.2) is 4.98 Å². The number of rotatable bonds is 5. The number of carbonyl (C=O) groups excluding carboxylic acids is 2. The lowest BCUT2D eigenvalue weighted by Gasteiger charge is -2.32. The molecule has 3 aromatic rings. The summed E-state index contributed by atoms with van der Waals surface area (Å²) in [6.45, 7) is 3.19. The van der Waals surface area contributed by atoms with Crippen LogP contribution in [0.4, 0.5) is 11.5 Å². The maximum absolute atomic E-state index is 12.7. The van der Waals surface area contributed by atoms with Crippen molar-refractivity contribution in [2.75, 3.05) is 38.5 Å². The average Bonchev–Trinajstić information content (AvgIpc) is 2.80. The summed E-state index contributed by atoms with van der Waals surface area (Å²) in [5.74, 6) is -0.210. The lowest BCUT2D eigenvalue weighted by Crippen LogP contribution is -2.47. The number of pyridine rings is 1. The molecule has 0 bridgehead atoms. The Labute approximate surface area is 191 Å². The molecule has 7 nitrogen and oxygen atoms in total. The highest BCUT2D eigenvalue weighted by atomic mass is 35.5. The number of benzene rings is 2. The summed E-state index contributed by atoms with van der Waals surface area (Å²) in [5.41, 5.74) is 8.68. The SMILES string of the molecule is CN1CCN(C(=O)c2ccc(Nc3nc(-c4ccc(Cl)cc4)ccc3C(N)=O)cc2)CC1. The van der Waals surface area contributed by atoms with Crippen molar-refractivity contribution in [3.05, 3.63) is 76.8 Å². The van der Waals surface area contributed by atoms with Crippen LogP contribution in [0.25, 0.3) is 11.3 Å². The van der Waals surface area contributed by atoms with Crippen molar-refractivity contribution in [3.63, 3.8) is 0 Å². The van der Waals surface area contributed by atoms with Crippen LogP contribution < -0.4 is 11.1 Å². The van der Waals surface area contributed by atoms with Gasteiger partial charge in [0, 0.05) is 48.0 Å². The molecule has 2 amide bonds. The normalized spacial score (nSPS) is 14.2. The number of hydrogen-bond donors (Lipinski definition) is 2. The molecule has 4 rings (SSSR count). The van der Waals surface area contributed by atoms with E-state index in [0.717, 1.165) is 31.7 Å². The summed E-state index contributed by atoms with van der Waals surface area (Å²) in [6, 6.07) is 17.8. The Hall–Kier alpha value is -3.42. The molecule has 2 heterocycles. The van der Waals surface area contributed by atoms with Gasteiger partial charge in [0.25, 0.3) is 11.8 Å². The first kappa shape index (κ1) is 21.8. The zero-order chi connectivity index (χ0) is 22.7. The Morgan fingerprint density at radius 3 is 2.22 bits per heavy atom. The summed E-state index contributed by atoms with van der Waals surface area (Å²) < 4.78 is 0. The van der Waals surface area contributed by atoms with Crippen LogP contribution in [-0.4, -0.2) is 59.8 Å². The molecular weight excluding hydrogens is 426 g/mol. The van der Waals surface area contributed by atoms with Crippen LogP contribution in [0.2, 0.25) is 5.02 Å². The fourth-order valence-electron chi connectivity index (χ4n) is 3.56. The van der Waals surface area contributed by atoms with Gasteiger partial charge in [-0.3, -0.25) is 9.59 Å². The smallest absolute Gasteiger partial charge is 0.253 e. The first-order valence-electron chi connectivity index (χ1n) is 10.3. The van der Waals surface area contributed by atoms with Crippen LogP contribution >= 0.6 is 11.6 Å². The van der Waals surface area contributed by atoms with Crippen molar-refractivity contribution in [3.8, 4) is 11.3 Å². The van der Waals surface area contributed by atoms with Crippen molar-refractivity contribution < 1.29 is 9.59 Å². The minimum absolute atomic E-state index is 0.0188. The molecule has 3 N–H and O–H groups in total. The first-order chi connectivity index (χ1) is 15.4. The number of halogens is 1. The van der Waals surface area contributed by atoms with E-state index in [9.17, 15) is 9.59 Å². The summed E-state index contributed by atoms with van der Waals surface area (Å²) >= 11 is 5.97. The molecule has 1 aliphatic rings. The van der Waals surface area contributed by atoms with Crippen LogP contribution in [-0.2, 0) is 0 Å². The number of nitrogens with one attached hydrogen (secondary N) is 1. The maximum Gasteiger partial charge on any atom is 0.253 e. The van der Waals surface area contributed by atoms with Gasteiger partial charge in [-0.1, -0.05) is 23.7 Å². The Morgan fingerprint density at radius 2 is 1.59 bits per heavy atom. The Bertz CT molecular complexity index is 1120. The van der Waals surface area contributed by atoms with Crippen LogP contribution in [0, 0.1) is 0 Å². The largest absolute Gasteiger partial charge is 0.365 e. The fraction of sp³-hybridized carbons (Fsp3) is 0.208. The van der Waals surface area contributed by atoms with Gasteiger partial charge in [-0.15, -0.1) is 0 Å². The monoisotopic (exact) mass is 449 g/mol. The van der Waals surface area contributed by atoms with Crippen LogP contribution in [0.3, 0.4) is 0 Å². The van der Waals surface area contributed by atoms with Gasteiger partial charge in [0.05, 0.1) is 11.3 Å². The van der Waals surface area contributed by atoms with E-state index >= 15 is 0 Å². The number of amides is 2. The zero-order valence-electron chi connectivity index (χ0n) is 17.7. The quantitative estimate of drug-likeness (QED) is 0.620. The molecule has 0 spiro atoms. The predicted octanol–water partition coefficient (Wildman–Crippen LogP) is 3.63. The maximum atomic E-state index is 12.7. The summed E-state index contributed by atoms with van der Waals surface area (Å²) in [4.78, 5) is 33.3.